The van der Waals surface area contributed by atoms with Gasteiger partial charge in [-0.2, -0.15) is 0 Å². The standard InChI is InChI=1S/C13H17NO4/c1-9(15)13(2,17)11(14)12(16)18-8-10-6-4-3-5-7-10/h3-7,11,17H,8,14H2,1-2H3/t11-,13+/m1/s1. The average Bonchev–Trinajstić information content (AvgIpc) is 2.36. The van der Waals surface area contributed by atoms with Crippen LogP contribution in [-0.2, 0) is 20.9 Å². The highest BCUT2D eigenvalue weighted by atomic mass is 16.5. The molecule has 0 heterocycles. The largest absolute Gasteiger partial charge is 0.460 e. The molecule has 0 radical (unpaired) electrons. The first-order valence-electron chi connectivity index (χ1n) is 5.55. The van der Waals surface area contributed by atoms with Crippen LogP contribution in [0.15, 0.2) is 30.3 Å². The van der Waals surface area contributed by atoms with E-state index in [9.17, 15) is 14.7 Å². The molecule has 0 fully saturated rings. The smallest absolute Gasteiger partial charge is 0.326 e. The van der Waals surface area contributed by atoms with Gasteiger partial charge in [0, 0.05) is 0 Å². The first kappa shape index (κ1) is 14.3. The van der Waals surface area contributed by atoms with Crippen molar-refractivity contribution < 1.29 is 19.4 Å². The van der Waals surface area contributed by atoms with Gasteiger partial charge in [-0.25, -0.2) is 0 Å². The van der Waals surface area contributed by atoms with Gasteiger partial charge in [-0.15, -0.1) is 0 Å². The summed E-state index contributed by atoms with van der Waals surface area (Å²) in [5, 5.41) is 9.75. The number of hydrogen-bond donors (Lipinski definition) is 2. The predicted octanol–water partition coefficient (Wildman–Crippen LogP) is 0.397. The first-order chi connectivity index (χ1) is 8.35. The Labute approximate surface area is 106 Å². The summed E-state index contributed by atoms with van der Waals surface area (Å²) in [5.41, 5.74) is 4.41. The van der Waals surface area contributed by atoms with Gasteiger partial charge in [0.1, 0.15) is 18.2 Å². The van der Waals surface area contributed by atoms with Crippen LogP contribution in [0.1, 0.15) is 19.4 Å². The van der Waals surface area contributed by atoms with Crippen molar-refractivity contribution in [2.75, 3.05) is 0 Å². The summed E-state index contributed by atoms with van der Waals surface area (Å²) < 4.78 is 4.95. The lowest BCUT2D eigenvalue weighted by Gasteiger charge is -2.25. The number of hydrogen-bond acceptors (Lipinski definition) is 5. The van der Waals surface area contributed by atoms with Crippen molar-refractivity contribution in [2.45, 2.75) is 32.1 Å². The average molecular weight is 251 g/mol. The van der Waals surface area contributed by atoms with E-state index in [0.29, 0.717) is 0 Å². The molecule has 0 saturated heterocycles. The van der Waals surface area contributed by atoms with Crippen LogP contribution in [0.4, 0.5) is 0 Å². The topological polar surface area (TPSA) is 89.6 Å². The molecule has 0 aliphatic heterocycles. The number of Topliss-reactive ketones (excluding diaryl/α,β-unsaturated/α-hetero) is 1. The minimum atomic E-state index is -1.91. The van der Waals surface area contributed by atoms with E-state index in [0.717, 1.165) is 5.56 Å². The fraction of sp³-hybridized carbons (Fsp3) is 0.385. The van der Waals surface area contributed by atoms with Crippen molar-refractivity contribution >= 4 is 11.8 Å². The van der Waals surface area contributed by atoms with E-state index in [-0.39, 0.29) is 6.61 Å². The Hall–Kier alpha value is -1.72. The molecule has 0 saturated carbocycles. The number of carbonyl (C=O) groups excluding carboxylic acids is 2. The third kappa shape index (κ3) is 3.38. The second kappa shape index (κ2) is 5.75. The van der Waals surface area contributed by atoms with Crippen LogP contribution in [0, 0.1) is 0 Å². The van der Waals surface area contributed by atoms with E-state index in [4.69, 9.17) is 10.5 Å². The summed E-state index contributed by atoms with van der Waals surface area (Å²) in [6, 6.07) is 7.67. The second-order valence-electron chi connectivity index (χ2n) is 4.27. The molecule has 2 atom stereocenters. The molecule has 98 valence electrons. The van der Waals surface area contributed by atoms with Crippen LogP contribution in [0.3, 0.4) is 0 Å². The van der Waals surface area contributed by atoms with Gasteiger partial charge in [0.15, 0.2) is 5.78 Å². The fourth-order valence-corrected chi connectivity index (χ4v) is 1.27. The van der Waals surface area contributed by atoms with Crippen molar-refractivity contribution in [3.8, 4) is 0 Å². The number of ether oxygens (including phenoxy) is 1. The number of ketones is 1. The molecular weight excluding hydrogens is 234 g/mol. The zero-order chi connectivity index (χ0) is 13.8. The third-order valence-electron chi connectivity index (χ3n) is 2.80. The molecule has 0 aliphatic carbocycles. The van der Waals surface area contributed by atoms with Gasteiger partial charge in [0.05, 0.1) is 0 Å². The molecular formula is C13H17NO4. The quantitative estimate of drug-likeness (QED) is 0.739. The number of aliphatic hydroxyl groups is 1. The predicted molar refractivity (Wildman–Crippen MR) is 65.5 cm³/mol. The number of benzene rings is 1. The highest BCUT2D eigenvalue weighted by Crippen LogP contribution is 2.12. The Morgan fingerprint density at radius 2 is 1.94 bits per heavy atom. The van der Waals surface area contributed by atoms with E-state index in [2.05, 4.69) is 0 Å². The number of carbonyl (C=O) groups is 2. The van der Waals surface area contributed by atoms with Gasteiger partial charge < -0.3 is 15.6 Å². The number of nitrogens with two attached hydrogens (primary N) is 1. The van der Waals surface area contributed by atoms with Gasteiger partial charge in [-0.3, -0.25) is 9.59 Å². The maximum atomic E-state index is 11.6. The summed E-state index contributed by atoms with van der Waals surface area (Å²) >= 11 is 0. The van der Waals surface area contributed by atoms with E-state index < -0.39 is 23.4 Å². The van der Waals surface area contributed by atoms with E-state index in [1.54, 1.807) is 12.1 Å². The van der Waals surface area contributed by atoms with Gasteiger partial charge in [-0.1, -0.05) is 30.3 Å². The van der Waals surface area contributed by atoms with Crippen LogP contribution < -0.4 is 5.73 Å². The van der Waals surface area contributed by atoms with Gasteiger partial charge in [0.2, 0.25) is 0 Å². The molecule has 0 amide bonds. The van der Waals surface area contributed by atoms with E-state index >= 15 is 0 Å². The van der Waals surface area contributed by atoms with Crippen molar-refractivity contribution in [1.29, 1.82) is 0 Å². The Morgan fingerprint density at radius 1 is 1.39 bits per heavy atom. The van der Waals surface area contributed by atoms with Crippen LogP contribution >= 0.6 is 0 Å². The summed E-state index contributed by atoms with van der Waals surface area (Å²) in [6.07, 6.45) is 0. The lowest BCUT2D eigenvalue weighted by Crippen LogP contribution is -2.55. The Bertz CT molecular complexity index is 428. The molecule has 0 unspecified atom stereocenters. The third-order valence-corrected chi connectivity index (χ3v) is 2.80. The molecule has 3 N–H and O–H groups in total. The summed E-state index contributed by atoms with van der Waals surface area (Å²) in [4.78, 5) is 22.8. The molecule has 0 aromatic heterocycles. The van der Waals surface area contributed by atoms with Crippen molar-refractivity contribution in [3.63, 3.8) is 0 Å². The van der Waals surface area contributed by atoms with Crippen LogP contribution in [0.5, 0.6) is 0 Å². The molecule has 0 spiro atoms. The van der Waals surface area contributed by atoms with Crippen LogP contribution in [-0.4, -0.2) is 28.5 Å². The lowest BCUT2D eigenvalue weighted by molar-refractivity contribution is -0.157. The van der Waals surface area contributed by atoms with Gasteiger partial charge >= 0.3 is 5.97 Å². The Balaban J connectivity index is 2.59. The fourth-order valence-electron chi connectivity index (χ4n) is 1.27. The monoisotopic (exact) mass is 251 g/mol. The molecule has 1 rings (SSSR count). The minimum absolute atomic E-state index is 0.0569. The normalized spacial score (nSPS) is 15.6. The van der Waals surface area contributed by atoms with Crippen molar-refractivity contribution in [1.82, 2.24) is 0 Å². The molecule has 0 bridgehead atoms. The number of esters is 1. The Morgan fingerprint density at radius 3 is 2.44 bits per heavy atom. The lowest BCUT2D eigenvalue weighted by atomic mass is 9.93. The molecule has 18 heavy (non-hydrogen) atoms. The van der Waals surface area contributed by atoms with Gasteiger partial charge in [-0.05, 0) is 19.4 Å². The van der Waals surface area contributed by atoms with Crippen LogP contribution in [0.2, 0.25) is 0 Å². The molecule has 1 aromatic rings. The SMILES string of the molecule is CC(=O)[C@](C)(O)[C@H](N)C(=O)OCc1ccccc1. The summed E-state index contributed by atoms with van der Waals surface area (Å²) in [6.45, 7) is 2.43. The Kier molecular flexibility index (Phi) is 4.58. The molecule has 0 aliphatic rings. The molecule has 1 aromatic carbocycles. The number of rotatable bonds is 5. The molecule has 5 nitrogen and oxygen atoms in total. The highest BCUT2D eigenvalue weighted by molar-refractivity contribution is 5.92. The highest BCUT2D eigenvalue weighted by Gasteiger charge is 2.39. The zero-order valence-corrected chi connectivity index (χ0v) is 10.4. The summed E-state index contributed by atoms with van der Waals surface area (Å²) in [7, 11) is 0. The van der Waals surface area contributed by atoms with E-state index in [1.165, 1.54) is 13.8 Å². The van der Waals surface area contributed by atoms with Crippen LogP contribution in [0.25, 0.3) is 0 Å². The second-order valence-corrected chi connectivity index (χ2v) is 4.27. The van der Waals surface area contributed by atoms with Crippen molar-refractivity contribution in [3.05, 3.63) is 35.9 Å². The van der Waals surface area contributed by atoms with Gasteiger partial charge in [0.25, 0.3) is 0 Å². The zero-order valence-electron chi connectivity index (χ0n) is 10.4. The minimum Gasteiger partial charge on any atom is -0.460 e. The van der Waals surface area contributed by atoms with Crippen molar-refractivity contribution in [2.24, 2.45) is 5.73 Å². The summed E-state index contributed by atoms with van der Waals surface area (Å²) in [5.74, 6) is -1.38. The maximum Gasteiger partial charge on any atom is 0.326 e. The first-order valence-corrected chi connectivity index (χ1v) is 5.55. The molecule has 5 heteroatoms. The maximum absolute atomic E-state index is 11.6. The van der Waals surface area contributed by atoms with E-state index in [1.807, 2.05) is 18.2 Å².